The molecule has 210 valence electrons. The Balaban J connectivity index is 1.89. The van der Waals surface area contributed by atoms with E-state index < -0.39 is 11.6 Å². The van der Waals surface area contributed by atoms with Crippen molar-refractivity contribution >= 4 is 28.5 Å². The van der Waals surface area contributed by atoms with Crippen LogP contribution in [0.1, 0.15) is 39.3 Å². The van der Waals surface area contributed by atoms with Crippen LogP contribution in [-0.4, -0.2) is 53.2 Å². The van der Waals surface area contributed by atoms with E-state index in [4.69, 9.17) is 14.2 Å². The van der Waals surface area contributed by atoms with Crippen molar-refractivity contribution in [2.24, 2.45) is 0 Å². The summed E-state index contributed by atoms with van der Waals surface area (Å²) in [5.74, 6) is 0.683. The van der Waals surface area contributed by atoms with Gasteiger partial charge in [0.25, 0.3) is 0 Å². The first-order valence-electron chi connectivity index (χ1n) is 13.0. The van der Waals surface area contributed by atoms with Crippen LogP contribution in [-0.2, 0) is 16.1 Å². The lowest BCUT2D eigenvalue weighted by atomic mass is 9.99. The molecule has 1 N–H and O–H groups in total. The lowest BCUT2D eigenvalue weighted by Gasteiger charge is -2.34. The number of benzene rings is 3. The van der Waals surface area contributed by atoms with E-state index in [0.29, 0.717) is 46.1 Å². The largest absolute Gasteiger partial charge is 0.494 e. The number of ether oxygens (including phenoxy) is 3. The highest BCUT2D eigenvalue weighted by molar-refractivity contribution is 6.02. The van der Waals surface area contributed by atoms with Gasteiger partial charge in [0.1, 0.15) is 23.9 Å². The summed E-state index contributed by atoms with van der Waals surface area (Å²) in [7, 11) is 3.03. The van der Waals surface area contributed by atoms with Gasteiger partial charge in [-0.2, -0.15) is 0 Å². The molecule has 1 atom stereocenters. The summed E-state index contributed by atoms with van der Waals surface area (Å²) in [6, 6.07) is 18.6. The molecule has 1 aromatic heterocycles. The Hall–Kier alpha value is -4.60. The van der Waals surface area contributed by atoms with Crippen LogP contribution in [0.15, 0.2) is 66.7 Å². The van der Waals surface area contributed by atoms with E-state index >= 15 is 0 Å². The van der Waals surface area contributed by atoms with Crippen LogP contribution < -0.4 is 24.4 Å². The summed E-state index contributed by atoms with van der Waals surface area (Å²) in [4.78, 5) is 29.8. The number of methoxy groups -OCH3 is 2. The van der Waals surface area contributed by atoms with Crippen LogP contribution in [0.4, 0.5) is 5.69 Å². The molecule has 0 fully saturated rings. The summed E-state index contributed by atoms with van der Waals surface area (Å²) in [6.45, 7) is 7.90. The molecule has 0 aliphatic rings. The fraction of sp³-hybridized carbons (Fsp3) is 0.333. The number of hydrogen-bond donors (Lipinski definition) is 1. The number of rotatable bonds is 10. The molecule has 0 bridgehead atoms. The van der Waals surface area contributed by atoms with Gasteiger partial charge < -0.3 is 19.5 Å². The topological polar surface area (TPSA) is 108 Å². The monoisotopic (exact) mass is 545 g/mol. The second kappa shape index (κ2) is 12.1. The van der Waals surface area contributed by atoms with Crippen LogP contribution >= 0.6 is 0 Å². The van der Waals surface area contributed by atoms with E-state index in [1.807, 2.05) is 52.0 Å². The van der Waals surface area contributed by atoms with Crippen molar-refractivity contribution in [2.45, 2.75) is 45.8 Å². The number of carbonyl (C=O) groups is 2. The van der Waals surface area contributed by atoms with Crippen molar-refractivity contribution < 1.29 is 23.8 Å². The number of amides is 2. The van der Waals surface area contributed by atoms with E-state index in [-0.39, 0.29) is 18.4 Å². The summed E-state index contributed by atoms with van der Waals surface area (Å²) in [5.41, 5.74) is 1.76. The Morgan fingerprint density at radius 2 is 1.70 bits per heavy atom. The molecule has 4 aromatic rings. The lowest BCUT2D eigenvalue weighted by molar-refractivity contribution is -0.128. The van der Waals surface area contributed by atoms with E-state index in [1.54, 1.807) is 42.5 Å². The molecule has 1 heterocycles. The zero-order valence-electron chi connectivity index (χ0n) is 23.7. The highest BCUT2D eigenvalue weighted by Crippen LogP contribution is 2.39. The molecular formula is C30H35N5O5. The van der Waals surface area contributed by atoms with Gasteiger partial charge in [0.2, 0.25) is 11.8 Å². The number of nitrogens with zero attached hydrogens (tertiary/aromatic N) is 4. The minimum Gasteiger partial charge on any atom is -0.494 e. The van der Waals surface area contributed by atoms with Gasteiger partial charge in [-0.25, -0.2) is 4.68 Å². The van der Waals surface area contributed by atoms with Crippen LogP contribution in [0.5, 0.6) is 17.2 Å². The standard InChI is InChI=1S/C30H35N5O5/c1-7-40-21-17-15-20(16-18-21)35(26(36)19-34-24-13-9-8-12-23(24)32-33-34)27(29(37)31-30(2,3)4)22-11-10-14-25(38-5)28(22)39-6/h8-18,27H,7,19H2,1-6H3,(H,31,37)/t27-/m1/s1. The molecule has 0 saturated heterocycles. The molecule has 0 aliphatic carbocycles. The molecule has 0 radical (unpaired) electrons. The number of anilines is 1. The quantitative estimate of drug-likeness (QED) is 0.312. The fourth-order valence-corrected chi connectivity index (χ4v) is 4.51. The lowest BCUT2D eigenvalue weighted by Crippen LogP contribution is -2.50. The summed E-state index contributed by atoms with van der Waals surface area (Å²) < 4.78 is 18.4. The minimum absolute atomic E-state index is 0.153. The van der Waals surface area contributed by atoms with Gasteiger partial charge in [-0.05, 0) is 70.2 Å². The van der Waals surface area contributed by atoms with Crippen molar-refractivity contribution in [1.29, 1.82) is 0 Å². The second-order valence-electron chi connectivity index (χ2n) is 10.2. The predicted molar refractivity (Wildman–Crippen MR) is 153 cm³/mol. The van der Waals surface area contributed by atoms with Crippen LogP contribution in [0.25, 0.3) is 11.0 Å². The molecule has 0 aliphatic heterocycles. The zero-order chi connectivity index (χ0) is 28.9. The number of carbonyl (C=O) groups excluding carboxylic acids is 2. The normalized spacial score (nSPS) is 12.1. The molecule has 2 amide bonds. The maximum Gasteiger partial charge on any atom is 0.249 e. The predicted octanol–water partition coefficient (Wildman–Crippen LogP) is 4.54. The Morgan fingerprint density at radius 3 is 2.35 bits per heavy atom. The molecule has 3 aromatic carbocycles. The Labute approximate surface area is 233 Å². The number of para-hydroxylation sites is 2. The fourth-order valence-electron chi connectivity index (χ4n) is 4.51. The van der Waals surface area contributed by atoms with Gasteiger partial charge in [-0.1, -0.05) is 29.5 Å². The molecule has 40 heavy (non-hydrogen) atoms. The van der Waals surface area contributed by atoms with Gasteiger partial charge in [-0.3, -0.25) is 14.5 Å². The molecule has 0 saturated carbocycles. The molecule has 4 rings (SSSR count). The molecule has 0 unspecified atom stereocenters. The minimum atomic E-state index is -1.11. The first kappa shape index (κ1) is 28.4. The molecule has 10 nitrogen and oxygen atoms in total. The number of fused-ring (bicyclic) bond motifs is 1. The number of hydrogen-bond acceptors (Lipinski definition) is 7. The van der Waals surface area contributed by atoms with Crippen molar-refractivity contribution in [3.8, 4) is 17.2 Å². The second-order valence-corrected chi connectivity index (χ2v) is 10.2. The van der Waals surface area contributed by atoms with Crippen LogP contribution in [0.3, 0.4) is 0 Å². The summed E-state index contributed by atoms with van der Waals surface area (Å²) in [5, 5.41) is 11.4. The summed E-state index contributed by atoms with van der Waals surface area (Å²) in [6.07, 6.45) is 0. The van der Waals surface area contributed by atoms with E-state index in [2.05, 4.69) is 15.6 Å². The maximum atomic E-state index is 14.3. The number of nitrogens with one attached hydrogen (secondary N) is 1. The number of aromatic nitrogens is 3. The average Bonchev–Trinajstić information content (AvgIpc) is 3.33. The third kappa shape index (κ3) is 6.17. The first-order chi connectivity index (χ1) is 19.2. The molecule has 10 heteroatoms. The van der Waals surface area contributed by atoms with Crippen molar-refractivity contribution in [1.82, 2.24) is 20.3 Å². The van der Waals surface area contributed by atoms with Crippen LogP contribution in [0.2, 0.25) is 0 Å². The van der Waals surface area contributed by atoms with Crippen molar-refractivity contribution in [3.63, 3.8) is 0 Å². The third-order valence-corrected chi connectivity index (χ3v) is 6.13. The Bertz CT molecular complexity index is 1480. The molecular weight excluding hydrogens is 510 g/mol. The van der Waals surface area contributed by atoms with Crippen molar-refractivity contribution in [2.75, 3.05) is 25.7 Å². The van der Waals surface area contributed by atoms with Gasteiger partial charge in [0, 0.05) is 16.8 Å². The van der Waals surface area contributed by atoms with E-state index in [9.17, 15) is 9.59 Å². The first-order valence-corrected chi connectivity index (χ1v) is 13.0. The van der Waals surface area contributed by atoms with Gasteiger partial charge >= 0.3 is 0 Å². The summed E-state index contributed by atoms with van der Waals surface area (Å²) >= 11 is 0. The zero-order valence-corrected chi connectivity index (χ0v) is 23.7. The van der Waals surface area contributed by atoms with Gasteiger partial charge in [0.05, 0.1) is 26.3 Å². The SMILES string of the molecule is CCOc1ccc(N(C(=O)Cn2nnc3ccccc32)[C@@H](C(=O)NC(C)(C)C)c2cccc(OC)c2OC)cc1. The van der Waals surface area contributed by atoms with E-state index in [0.717, 1.165) is 0 Å². The van der Waals surface area contributed by atoms with Crippen LogP contribution in [0, 0.1) is 0 Å². The van der Waals surface area contributed by atoms with Gasteiger partial charge in [-0.15, -0.1) is 5.10 Å². The highest BCUT2D eigenvalue weighted by Gasteiger charge is 2.37. The molecule has 0 spiro atoms. The smallest absolute Gasteiger partial charge is 0.249 e. The van der Waals surface area contributed by atoms with Gasteiger partial charge in [0.15, 0.2) is 11.5 Å². The third-order valence-electron chi connectivity index (χ3n) is 6.13. The highest BCUT2D eigenvalue weighted by atomic mass is 16.5. The van der Waals surface area contributed by atoms with Crippen molar-refractivity contribution in [3.05, 3.63) is 72.3 Å². The Kier molecular flexibility index (Phi) is 8.57. The maximum absolute atomic E-state index is 14.3. The Morgan fingerprint density at radius 1 is 0.975 bits per heavy atom. The average molecular weight is 546 g/mol. The van der Waals surface area contributed by atoms with E-state index in [1.165, 1.54) is 23.8 Å².